The van der Waals surface area contributed by atoms with Gasteiger partial charge in [0, 0.05) is 6.07 Å². The Labute approximate surface area is 154 Å². The Kier molecular flexibility index (Phi) is 7.04. The maximum absolute atomic E-state index is 12.4. The molecular formula is C21H24N2O3. The van der Waals surface area contributed by atoms with Crippen molar-refractivity contribution in [2.24, 2.45) is 5.92 Å². The van der Waals surface area contributed by atoms with Crippen molar-refractivity contribution in [3.63, 3.8) is 0 Å². The van der Waals surface area contributed by atoms with Crippen LogP contribution in [0.1, 0.15) is 37.4 Å². The number of hydrogen-bond donors (Lipinski definition) is 1. The minimum Gasteiger partial charge on any atom is -0.493 e. The van der Waals surface area contributed by atoms with E-state index in [-0.39, 0.29) is 18.6 Å². The van der Waals surface area contributed by atoms with Crippen LogP contribution < -0.4 is 14.8 Å². The van der Waals surface area contributed by atoms with Gasteiger partial charge in [0.2, 0.25) is 0 Å². The van der Waals surface area contributed by atoms with Gasteiger partial charge in [-0.1, -0.05) is 44.2 Å². The molecule has 2 rings (SSSR count). The van der Waals surface area contributed by atoms with Crippen LogP contribution in [0, 0.1) is 17.2 Å². The molecule has 0 saturated heterocycles. The second kappa shape index (κ2) is 9.47. The number of methoxy groups -OCH3 is 1. The molecule has 0 radical (unpaired) electrons. The molecule has 2 aromatic carbocycles. The average molecular weight is 352 g/mol. The second-order valence-corrected chi connectivity index (χ2v) is 6.43. The van der Waals surface area contributed by atoms with Crippen molar-refractivity contribution >= 4 is 5.91 Å². The molecule has 1 amide bonds. The van der Waals surface area contributed by atoms with Gasteiger partial charge in [0.25, 0.3) is 5.91 Å². The number of nitrogens with one attached hydrogen (secondary N) is 1. The van der Waals surface area contributed by atoms with E-state index >= 15 is 0 Å². The lowest BCUT2D eigenvalue weighted by Crippen LogP contribution is -2.33. The predicted molar refractivity (Wildman–Crippen MR) is 100.0 cm³/mol. The molecule has 0 spiro atoms. The van der Waals surface area contributed by atoms with Crippen molar-refractivity contribution in [3.05, 3.63) is 59.7 Å². The first kappa shape index (κ1) is 19.3. The minimum absolute atomic E-state index is 0.0600. The van der Waals surface area contributed by atoms with Crippen molar-refractivity contribution in [2.45, 2.75) is 26.3 Å². The summed E-state index contributed by atoms with van der Waals surface area (Å²) in [5, 5.41) is 12.0. The van der Waals surface area contributed by atoms with Crippen LogP contribution in [-0.2, 0) is 4.79 Å². The van der Waals surface area contributed by atoms with E-state index in [4.69, 9.17) is 14.7 Å². The van der Waals surface area contributed by atoms with Crippen LogP contribution in [0.4, 0.5) is 0 Å². The molecule has 0 aliphatic rings. The maximum atomic E-state index is 12.4. The standard InChI is InChI=1S/C21H24N2O3/c1-15(2)11-18(17-7-5-4-6-8-17)23-21(24)14-26-19-10-9-16(13-22)12-20(19)25-3/h4-10,12,15,18H,11,14H2,1-3H3,(H,23,24). The first-order valence-electron chi connectivity index (χ1n) is 8.58. The number of carbonyl (C=O) groups excluding carboxylic acids is 1. The van der Waals surface area contributed by atoms with Crippen molar-refractivity contribution in [1.29, 1.82) is 5.26 Å². The SMILES string of the molecule is COc1cc(C#N)ccc1OCC(=O)NC(CC(C)C)c1ccccc1. The highest BCUT2D eigenvalue weighted by molar-refractivity contribution is 5.78. The Morgan fingerprint density at radius 1 is 1.15 bits per heavy atom. The number of hydrogen-bond acceptors (Lipinski definition) is 4. The molecule has 0 aliphatic carbocycles. The van der Waals surface area contributed by atoms with Crippen LogP contribution >= 0.6 is 0 Å². The molecule has 5 nitrogen and oxygen atoms in total. The van der Waals surface area contributed by atoms with Gasteiger partial charge in [0.05, 0.1) is 24.8 Å². The lowest BCUT2D eigenvalue weighted by atomic mass is 9.97. The van der Waals surface area contributed by atoms with E-state index < -0.39 is 0 Å². The van der Waals surface area contributed by atoms with Crippen LogP contribution in [0.5, 0.6) is 11.5 Å². The number of carbonyl (C=O) groups is 1. The third-order valence-corrected chi connectivity index (χ3v) is 3.90. The van der Waals surface area contributed by atoms with E-state index in [2.05, 4.69) is 19.2 Å². The normalized spacial score (nSPS) is 11.5. The Balaban J connectivity index is 2.01. The molecule has 0 fully saturated rings. The quantitative estimate of drug-likeness (QED) is 0.783. The molecule has 1 unspecified atom stereocenters. The van der Waals surface area contributed by atoms with Crippen LogP contribution in [0.25, 0.3) is 0 Å². The topological polar surface area (TPSA) is 71.3 Å². The molecular weight excluding hydrogens is 328 g/mol. The molecule has 1 atom stereocenters. The second-order valence-electron chi connectivity index (χ2n) is 6.43. The largest absolute Gasteiger partial charge is 0.493 e. The lowest BCUT2D eigenvalue weighted by molar-refractivity contribution is -0.124. The van der Waals surface area contributed by atoms with E-state index in [9.17, 15) is 4.79 Å². The number of benzene rings is 2. The molecule has 0 aromatic heterocycles. The van der Waals surface area contributed by atoms with Gasteiger partial charge in [0.1, 0.15) is 0 Å². The summed E-state index contributed by atoms with van der Waals surface area (Å²) in [6.07, 6.45) is 0.843. The zero-order chi connectivity index (χ0) is 18.9. The van der Waals surface area contributed by atoms with Gasteiger partial charge >= 0.3 is 0 Å². The monoisotopic (exact) mass is 352 g/mol. The molecule has 0 heterocycles. The molecule has 0 bridgehead atoms. The minimum atomic E-state index is -0.203. The van der Waals surface area contributed by atoms with Crippen LogP contribution in [0.3, 0.4) is 0 Å². The maximum Gasteiger partial charge on any atom is 0.258 e. The van der Waals surface area contributed by atoms with Gasteiger partial charge < -0.3 is 14.8 Å². The average Bonchev–Trinajstić information content (AvgIpc) is 2.66. The van der Waals surface area contributed by atoms with E-state index in [1.54, 1.807) is 18.2 Å². The molecule has 1 N–H and O–H groups in total. The van der Waals surface area contributed by atoms with Gasteiger partial charge in [-0.3, -0.25) is 4.79 Å². The summed E-state index contributed by atoms with van der Waals surface area (Å²) in [4.78, 5) is 12.4. The van der Waals surface area contributed by atoms with E-state index in [0.717, 1.165) is 12.0 Å². The fourth-order valence-electron chi connectivity index (χ4n) is 2.67. The highest BCUT2D eigenvalue weighted by Gasteiger charge is 2.17. The number of ether oxygens (including phenoxy) is 2. The molecule has 0 saturated carbocycles. The smallest absolute Gasteiger partial charge is 0.258 e. The Morgan fingerprint density at radius 3 is 2.50 bits per heavy atom. The van der Waals surface area contributed by atoms with Crippen molar-refractivity contribution in [1.82, 2.24) is 5.32 Å². The van der Waals surface area contributed by atoms with Crippen molar-refractivity contribution < 1.29 is 14.3 Å². The van der Waals surface area contributed by atoms with E-state index in [1.165, 1.54) is 7.11 Å². The number of rotatable bonds is 8. The van der Waals surface area contributed by atoms with Gasteiger partial charge in [-0.25, -0.2) is 0 Å². The van der Waals surface area contributed by atoms with Gasteiger partial charge in [-0.05, 0) is 30.0 Å². The van der Waals surface area contributed by atoms with E-state index in [0.29, 0.717) is 23.0 Å². The van der Waals surface area contributed by atoms with Crippen LogP contribution in [0.15, 0.2) is 48.5 Å². The Morgan fingerprint density at radius 2 is 1.88 bits per heavy atom. The van der Waals surface area contributed by atoms with Gasteiger partial charge in [-0.15, -0.1) is 0 Å². The number of nitriles is 1. The van der Waals surface area contributed by atoms with E-state index in [1.807, 2.05) is 36.4 Å². The first-order chi connectivity index (χ1) is 12.5. The van der Waals surface area contributed by atoms with Crippen molar-refractivity contribution in [3.8, 4) is 17.6 Å². The third-order valence-electron chi connectivity index (χ3n) is 3.90. The highest BCUT2D eigenvalue weighted by Crippen LogP contribution is 2.28. The lowest BCUT2D eigenvalue weighted by Gasteiger charge is -2.21. The number of nitrogens with zero attached hydrogens (tertiary/aromatic N) is 1. The Hall–Kier alpha value is -3.00. The summed E-state index contributed by atoms with van der Waals surface area (Å²) < 4.78 is 10.8. The van der Waals surface area contributed by atoms with Crippen LogP contribution in [0.2, 0.25) is 0 Å². The summed E-state index contributed by atoms with van der Waals surface area (Å²) in [7, 11) is 1.50. The summed E-state index contributed by atoms with van der Waals surface area (Å²) in [5.41, 5.74) is 1.55. The fourth-order valence-corrected chi connectivity index (χ4v) is 2.67. The fraction of sp³-hybridized carbons (Fsp3) is 0.333. The zero-order valence-electron chi connectivity index (χ0n) is 15.4. The van der Waals surface area contributed by atoms with Gasteiger partial charge in [-0.2, -0.15) is 5.26 Å². The van der Waals surface area contributed by atoms with Gasteiger partial charge in [0.15, 0.2) is 18.1 Å². The summed E-state index contributed by atoms with van der Waals surface area (Å²) in [5.74, 6) is 1.10. The molecule has 2 aromatic rings. The molecule has 136 valence electrons. The zero-order valence-corrected chi connectivity index (χ0v) is 15.4. The summed E-state index contributed by atoms with van der Waals surface area (Å²) in [6, 6.07) is 16.7. The highest BCUT2D eigenvalue weighted by atomic mass is 16.5. The molecule has 5 heteroatoms. The first-order valence-corrected chi connectivity index (χ1v) is 8.58. The molecule has 26 heavy (non-hydrogen) atoms. The summed E-state index contributed by atoms with van der Waals surface area (Å²) >= 11 is 0. The summed E-state index contributed by atoms with van der Waals surface area (Å²) in [6.45, 7) is 4.13. The molecule has 0 aliphatic heterocycles. The van der Waals surface area contributed by atoms with Crippen molar-refractivity contribution in [2.75, 3.05) is 13.7 Å². The predicted octanol–water partition coefficient (Wildman–Crippen LogP) is 3.85. The number of amides is 1. The third kappa shape index (κ3) is 5.52. The Bertz CT molecular complexity index is 767. The van der Waals surface area contributed by atoms with Crippen LogP contribution in [-0.4, -0.2) is 19.6 Å².